The highest BCUT2D eigenvalue weighted by atomic mass is 19.4. The van der Waals surface area contributed by atoms with Crippen molar-refractivity contribution in [1.82, 2.24) is 25.2 Å². The average Bonchev–Trinajstić information content (AvgIpc) is 3.08. The summed E-state index contributed by atoms with van der Waals surface area (Å²) in [4.78, 5) is 26.6. The summed E-state index contributed by atoms with van der Waals surface area (Å²) < 4.78 is 38.3. The lowest BCUT2D eigenvalue weighted by Gasteiger charge is -2.20. The topological polar surface area (TPSA) is 97.0 Å². The fourth-order valence-electron chi connectivity index (χ4n) is 3.47. The molecule has 32 heavy (non-hydrogen) atoms. The van der Waals surface area contributed by atoms with Gasteiger partial charge in [-0.25, -0.2) is 9.97 Å². The van der Waals surface area contributed by atoms with Crippen molar-refractivity contribution in [3.05, 3.63) is 60.0 Å². The maximum Gasteiger partial charge on any atom is 0.433 e. The largest absolute Gasteiger partial charge is 0.433 e. The van der Waals surface area contributed by atoms with Crippen molar-refractivity contribution in [3.8, 4) is 22.5 Å². The first kappa shape index (κ1) is 21.7. The summed E-state index contributed by atoms with van der Waals surface area (Å²) in [5.74, 6) is 0.0528. The lowest BCUT2D eigenvalue weighted by atomic mass is 10.1. The number of nitrogens with two attached hydrogens (primary N) is 1. The molecular formula is C22H21F3N6O. The van der Waals surface area contributed by atoms with Gasteiger partial charge < -0.3 is 16.0 Å². The predicted molar refractivity (Wildman–Crippen MR) is 114 cm³/mol. The van der Waals surface area contributed by atoms with E-state index in [2.05, 4.69) is 20.3 Å². The van der Waals surface area contributed by atoms with E-state index in [1.165, 1.54) is 12.3 Å². The number of nitrogens with one attached hydrogen (secondary N) is 1. The molecule has 0 bridgehead atoms. The molecular weight excluding hydrogens is 421 g/mol. The number of aromatic nitrogens is 3. The summed E-state index contributed by atoms with van der Waals surface area (Å²) in [6, 6.07) is 9.12. The van der Waals surface area contributed by atoms with Crippen LogP contribution in [0.25, 0.3) is 22.5 Å². The van der Waals surface area contributed by atoms with Crippen LogP contribution in [0, 0.1) is 0 Å². The van der Waals surface area contributed by atoms with Crippen LogP contribution in [0.3, 0.4) is 0 Å². The highest BCUT2D eigenvalue weighted by Crippen LogP contribution is 2.30. The second-order valence-electron chi connectivity index (χ2n) is 7.39. The summed E-state index contributed by atoms with van der Waals surface area (Å²) >= 11 is 0. The van der Waals surface area contributed by atoms with Crippen molar-refractivity contribution in [2.75, 3.05) is 31.9 Å². The quantitative estimate of drug-likeness (QED) is 0.647. The Hall–Kier alpha value is -3.53. The number of halogens is 3. The molecule has 2 aromatic heterocycles. The fraction of sp³-hybridized carbons (Fsp3) is 0.273. The Morgan fingerprint density at radius 3 is 2.41 bits per heavy atom. The van der Waals surface area contributed by atoms with Crippen molar-refractivity contribution >= 4 is 11.7 Å². The Balaban J connectivity index is 1.57. The average molecular weight is 442 g/mol. The third-order valence-corrected chi connectivity index (χ3v) is 5.18. The molecule has 0 spiro atoms. The van der Waals surface area contributed by atoms with E-state index in [4.69, 9.17) is 5.73 Å². The van der Waals surface area contributed by atoms with Gasteiger partial charge in [0, 0.05) is 42.5 Å². The van der Waals surface area contributed by atoms with E-state index in [1.54, 1.807) is 24.3 Å². The zero-order valence-corrected chi connectivity index (χ0v) is 17.1. The van der Waals surface area contributed by atoms with Gasteiger partial charge in [-0.05, 0) is 37.2 Å². The Labute approximate surface area is 182 Å². The molecule has 1 aromatic carbocycles. The monoisotopic (exact) mass is 442 g/mol. The molecule has 3 N–H and O–H groups in total. The van der Waals surface area contributed by atoms with Crippen LogP contribution in [-0.2, 0) is 6.18 Å². The zero-order chi connectivity index (χ0) is 22.7. The second-order valence-corrected chi connectivity index (χ2v) is 7.39. The highest BCUT2D eigenvalue weighted by molar-refractivity contribution is 5.94. The summed E-state index contributed by atoms with van der Waals surface area (Å²) in [5.41, 5.74) is 7.23. The standard InChI is InChI=1S/C22H21F3N6O/c23-22(24,25)18-7-6-16(12-28-18)19-20(26)29-13-17(30-19)14-2-4-15(5-3-14)21(32)31-10-1-8-27-9-11-31/h2-7,12-13,27H,1,8-11H2,(H2,26,29). The number of carbonyl (C=O) groups excluding carboxylic acids is 1. The van der Waals surface area contributed by atoms with Crippen molar-refractivity contribution in [3.63, 3.8) is 0 Å². The minimum Gasteiger partial charge on any atom is -0.382 e. The maximum atomic E-state index is 12.8. The third-order valence-electron chi connectivity index (χ3n) is 5.18. The van der Waals surface area contributed by atoms with Gasteiger partial charge in [-0.3, -0.25) is 9.78 Å². The van der Waals surface area contributed by atoms with Gasteiger partial charge in [-0.2, -0.15) is 13.2 Å². The van der Waals surface area contributed by atoms with Gasteiger partial charge in [0.25, 0.3) is 5.91 Å². The molecule has 0 unspecified atom stereocenters. The molecule has 3 aromatic rings. The van der Waals surface area contributed by atoms with Gasteiger partial charge in [0.1, 0.15) is 17.2 Å². The van der Waals surface area contributed by atoms with Gasteiger partial charge in [0.05, 0.1) is 11.9 Å². The number of carbonyl (C=O) groups is 1. The number of hydrogen-bond acceptors (Lipinski definition) is 6. The molecule has 166 valence electrons. The van der Waals surface area contributed by atoms with E-state index in [1.807, 2.05) is 4.90 Å². The van der Waals surface area contributed by atoms with E-state index in [0.717, 1.165) is 31.8 Å². The lowest BCUT2D eigenvalue weighted by molar-refractivity contribution is -0.141. The number of nitrogens with zero attached hydrogens (tertiary/aromatic N) is 4. The first-order chi connectivity index (χ1) is 15.3. The molecule has 4 rings (SSSR count). The highest BCUT2D eigenvalue weighted by Gasteiger charge is 2.32. The normalized spacial score (nSPS) is 14.8. The predicted octanol–water partition coefficient (Wildman–Crippen LogP) is 3.24. The van der Waals surface area contributed by atoms with Crippen molar-refractivity contribution in [2.24, 2.45) is 0 Å². The molecule has 1 aliphatic heterocycles. The number of alkyl halides is 3. The van der Waals surface area contributed by atoms with E-state index in [0.29, 0.717) is 35.5 Å². The number of benzene rings is 1. The SMILES string of the molecule is Nc1ncc(-c2ccc(C(=O)N3CCCNCC3)cc2)nc1-c1ccc(C(F)(F)F)nc1. The first-order valence-electron chi connectivity index (χ1n) is 10.1. The van der Waals surface area contributed by atoms with Crippen LogP contribution < -0.4 is 11.1 Å². The molecule has 0 atom stereocenters. The number of pyridine rings is 1. The minimum atomic E-state index is -4.53. The van der Waals surface area contributed by atoms with Crippen LogP contribution in [0.4, 0.5) is 19.0 Å². The molecule has 1 saturated heterocycles. The van der Waals surface area contributed by atoms with Crippen LogP contribution >= 0.6 is 0 Å². The van der Waals surface area contributed by atoms with Crippen LogP contribution in [0.2, 0.25) is 0 Å². The van der Waals surface area contributed by atoms with Crippen molar-refractivity contribution in [1.29, 1.82) is 0 Å². The number of amides is 1. The molecule has 1 aliphatic rings. The van der Waals surface area contributed by atoms with Gasteiger partial charge in [0.15, 0.2) is 0 Å². The summed E-state index contributed by atoms with van der Waals surface area (Å²) in [6.45, 7) is 3.04. The molecule has 0 radical (unpaired) electrons. The smallest absolute Gasteiger partial charge is 0.382 e. The van der Waals surface area contributed by atoms with Gasteiger partial charge >= 0.3 is 6.18 Å². The lowest BCUT2D eigenvalue weighted by Crippen LogP contribution is -2.34. The van der Waals surface area contributed by atoms with Gasteiger partial charge in [-0.1, -0.05) is 12.1 Å². The molecule has 10 heteroatoms. The maximum absolute atomic E-state index is 12.8. The summed E-state index contributed by atoms with van der Waals surface area (Å²) in [7, 11) is 0. The minimum absolute atomic E-state index is 0.0276. The van der Waals surface area contributed by atoms with Crippen molar-refractivity contribution < 1.29 is 18.0 Å². The molecule has 3 heterocycles. The van der Waals surface area contributed by atoms with Crippen LogP contribution in [0.5, 0.6) is 0 Å². The zero-order valence-electron chi connectivity index (χ0n) is 17.1. The van der Waals surface area contributed by atoms with E-state index >= 15 is 0 Å². The molecule has 0 aliphatic carbocycles. The van der Waals surface area contributed by atoms with E-state index < -0.39 is 11.9 Å². The van der Waals surface area contributed by atoms with Crippen LogP contribution in [-0.4, -0.2) is 51.9 Å². The van der Waals surface area contributed by atoms with Gasteiger partial charge in [0.2, 0.25) is 0 Å². The second kappa shape index (κ2) is 8.91. The summed E-state index contributed by atoms with van der Waals surface area (Å²) in [5, 5.41) is 3.27. The fourth-order valence-corrected chi connectivity index (χ4v) is 3.47. The Bertz CT molecular complexity index is 1090. The summed E-state index contributed by atoms with van der Waals surface area (Å²) in [6.07, 6.45) is -1.06. The molecule has 7 nitrogen and oxygen atoms in total. The number of hydrogen-bond donors (Lipinski definition) is 2. The Morgan fingerprint density at radius 1 is 0.969 bits per heavy atom. The number of rotatable bonds is 3. The van der Waals surface area contributed by atoms with Crippen LogP contribution in [0.1, 0.15) is 22.5 Å². The third kappa shape index (κ3) is 4.70. The van der Waals surface area contributed by atoms with Crippen LogP contribution in [0.15, 0.2) is 48.8 Å². The first-order valence-corrected chi connectivity index (χ1v) is 10.1. The Morgan fingerprint density at radius 2 is 1.72 bits per heavy atom. The van der Waals surface area contributed by atoms with Crippen molar-refractivity contribution in [2.45, 2.75) is 12.6 Å². The van der Waals surface area contributed by atoms with E-state index in [-0.39, 0.29) is 17.4 Å². The molecule has 1 amide bonds. The number of nitrogen functional groups attached to an aromatic ring is 1. The Kier molecular flexibility index (Phi) is 6.04. The molecule has 1 fully saturated rings. The van der Waals surface area contributed by atoms with Gasteiger partial charge in [-0.15, -0.1) is 0 Å². The molecule has 0 saturated carbocycles. The van der Waals surface area contributed by atoms with E-state index in [9.17, 15) is 18.0 Å². The number of anilines is 1.